The minimum absolute atomic E-state index is 0.0758. The molecule has 1 rings (SSSR count). The maximum Gasteiger partial charge on any atom is 0.253 e. The quantitative estimate of drug-likeness (QED) is 0.383. The first kappa shape index (κ1) is 14.9. The number of hydrogen-bond donors (Lipinski definition) is 2. The monoisotopic (exact) mass is 265 g/mol. The maximum absolute atomic E-state index is 11.3. The number of nitrogens with zero attached hydrogens (tertiary/aromatic N) is 1. The van der Waals surface area contributed by atoms with Gasteiger partial charge in [0.1, 0.15) is 0 Å². The molecule has 0 atom stereocenters. The number of amides is 3. The summed E-state index contributed by atoms with van der Waals surface area (Å²) < 4.78 is 0. The Kier molecular flexibility index (Phi) is 6.35. The number of rotatable bonds is 8. The van der Waals surface area contributed by atoms with Crippen LogP contribution in [-0.2, 0) is 14.4 Å². The second-order valence-electron chi connectivity index (χ2n) is 4.16. The van der Waals surface area contributed by atoms with Gasteiger partial charge in [-0.3, -0.25) is 24.7 Å². The molecule has 0 bridgehead atoms. The summed E-state index contributed by atoms with van der Waals surface area (Å²) in [5.74, 6) is -0.579. The molecule has 0 aromatic rings. The first-order chi connectivity index (χ1) is 9.15. The number of imide groups is 1. The van der Waals surface area contributed by atoms with Crippen molar-refractivity contribution in [1.82, 2.24) is 15.8 Å². The number of nitrogens with one attached hydrogen (secondary N) is 2. The van der Waals surface area contributed by atoms with Crippen LogP contribution in [0.1, 0.15) is 32.6 Å². The molecule has 19 heavy (non-hydrogen) atoms. The topological polar surface area (TPSA) is 78.5 Å². The highest BCUT2D eigenvalue weighted by molar-refractivity contribution is 6.12. The van der Waals surface area contributed by atoms with Crippen LogP contribution in [0.2, 0.25) is 0 Å². The van der Waals surface area contributed by atoms with Crippen molar-refractivity contribution in [2.75, 3.05) is 6.54 Å². The molecular weight excluding hydrogens is 246 g/mol. The fraction of sp³-hybridized carbons (Fsp3) is 0.462. The number of carbonyl (C=O) groups is 3. The van der Waals surface area contributed by atoms with Gasteiger partial charge >= 0.3 is 0 Å². The minimum atomic E-state index is -0.252. The number of unbranched alkanes of at least 4 members (excludes halogenated alkanes) is 2. The Labute approximate surface area is 112 Å². The first-order valence-electron chi connectivity index (χ1n) is 6.34. The van der Waals surface area contributed by atoms with E-state index in [1.807, 2.05) is 6.92 Å². The van der Waals surface area contributed by atoms with E-state index in [2.05, 4.69) is 10.9 Å². The predicted octanol–water partition coefficient (Wildman–Crippen LogP) is 0.626. The molecule has 0 aromatic heterocycles. The third-order valence-corrected chi connectivity index (χ3v) is 2.65. The predicted molar refractivity (Wildman–Crippen MR) is 70.4 cm³/mol. The SMILES string of the molecule is C/C=C/NNC(=O)CCCCCN1C(=O)C=CC1=O. The summed E-state index contributed by atoms with van der Waals surface area (Å²) in [4.78, 5) is 35.0. The fourth-order valence-electron chi connectivity index (χ4n) is 1.65. The molecule has 6 heteroatoms. The van der Waals surface area contributed by atoms with Crippen LogP contribution >= 0.6 is 0 Å². The number of hydrazine groups is 1. The van der Waals surface area contributed by atoms with Crippen molar-refractivity contribution in [1.29, 1.82) is 0 Å². The minimum Gasteiger partial charge on any atom is -0.306 e. The molecule has 6 nitrogen and oxygen atoms in total. The van der Waals surface area contributed by atoms with E-state index in [1.54, 1.807) is 12.3 Å². The fourth-order valence-corrected chi connectivity index (χ4v) is 1.65. The van der Waals surface area contributed by atoms with Gasteiger partial charge in [0.05, 0.1) is 0 Å². The lowest BCUT2D eigenvalue weighted by Gasteiger charge is -2.12. The molecule has 1 heterocycles. The molecule has 104 valence electrons. The summed E-state index contributed by atoms with van der Waals surface area (Å²) in [5, 5.41) is 0. The zero-order chi connectivity index (χ0) is 14.1. The molecule has 1 aliphatic heterocycles. The number of hydrogen-bond acceptors (Lipinski definition) is 4. The molecular formula is C13H19N3O3. The maximum atomic E-state index is 11.3. The van der Waals surface area contributed by atoms with E-state index in [1.165, 1.54) is 17.1 Å². The van der Waals surface area contributed by atoms with Crippen LogP contribution in [0, 0.1) is 0 Å². The lowest BCUT2D eigenvalue weighted by molar-refractivity contribution is -0.137. The normalized spacial score (nSPS) is 14.5. The van der Waals surface area contributed by atoms with Crippen LogP contribution in [-0.4, -0.2) is 29.2 Å². The second-order valence-corrected chi connectivity index (χ2v) is 4.16. The van der Waals surface area contributed by atoms with Gasteiger partial charge in [-0.2, -0.15) is 0 Å². The Bertz CT molecular complexity index is 384. The van der Waals surface area contributed by atoms with E-state index in [0.717, 1.165) is 12.8 Å². The Hall–Kier alpha value is -2.11. The van der Waals surface area contributed by atoms with Crippen LogP contribution in [0.4, 0.5) is 0 Å². The van der Waals surface area contributed by atoms with Crippen LogP contribution in [0.25, 0.3) is 0 Å². The molecule has 0 saturated heterocycles. The van der Waals surface area contributed by atoms with E-state index < -0.39 is 0 Å². The van der Waals surface area contributed by atoms with Crippen LogP contribution in [0.3, 0.4) is 0 Å². The molecule has 0 radical (unpaired) electrons. The van der Waals surface area contributed by atoms with Crippen molar-refractivity contribution >= 4 is 17.7 Å². The molecule has 3 amide bonds. The summed E-state index contributed by atoms with van der Waals surface area (Å²) in [6, 6.07) is 0. The van der Waals surface area contributed by atoms with Gasteiger partial charge in [-0.15, -0.1) is 0 Å². The summed E-state index contributed by atoms with van der Waals surface area (Å²) in [6.07, 6.45) is 8.64. The molecule has 1 aliphatic rings. The lowest BCUT2D eigenvalue weighted by atomic mass is 10.2. The Morgan fingerprint density at radius 1 is 1.21 bits per heavy atom. The summed E-state index contributed by atoms with van der Waals surface area (Å²) >= 11 is 0. The van der Waals surface area contributed by atoms with E-state index in [-0.39, 0.29) is 17.7 Å². The standard InChI is InChI=1S/C13H19N3O3/c1-2-9-14-15-11(17)6-4-3-5-10-16-12(18)7-8-13(16)19/h2,7-9,14H,3-6,10H2,1H3,(H,15,17)/b9-2+. The molecule has 0 aliphatic carbocycles. The van der Waals surface area contributed by atoms with Gasteiger partial charge in [-0.25, -0.2) is 0 Å². The summed E-state index contributed by atoms with van der Waals surface area (Å²) in [5.41, 5.74) is 5.17. The average molecular weight is 265 g/mol. The Morgan fingerprint density at radius 3 is 2.53 bits per heavy atom. The zero-order valence-electron chi connectivity index (χ0n) is 11.0. The molecule has 0 aromatic carbocycles. The summed E-state index contributed by atoms with van der Waals surface area (Å²) in [7, 11) is 0. The molecule has 0 saturated carbocycles. The molecule has 2 N–H and O–H groups in total. The Balaban J connectivity index is 2.04. The van der Waals surface area contributed by atoms with Gasteiger partial charge in [-0.05, 0) is 19.8 Å². The van der Waals surface area contributed by atoms with E-state index in [0.29, 0.717) is 19.4 Å². The van der Waals surface area contributed by atoms with Gasteiger partial charge < -0.3 is 5.43 Å². The molecule has 0 spiro atoms. The van der Waals surface area contributed by atoms with Gasteiger partial charge in [0.25, 0.3) is 11.8 Å². The second kappa shape index (κ2) is 8.07. The van der Waals surface area contributed by atoms with Gasteiger partial charge in [-0.1, -0.05) is 12.5 Å². The molecule has 0 unspecified atom stereocenters. The Morgan fingerprint density at radius 2 is 1.89 bits per heavy atom. The third kappa shape index (κ3) is 5.37. The zero-order valence-corrected chi connectivity index (χ0v) is 11.0. The van der Waals surface area contributed by atoms with Crippen molar-refractivity contribution < 1.29 is 14.4 Å². The summed E-state index contributed by atoms with van der Waals surface area (Å²) in [6.45, 7) is 2.26. The highest BCUT2D eigenvalue weighted by atomic mass is 16.2. The van der Waals surface area contributed by atoms with Gasteiger partial charge in [0.2, 0.25) is 5.91 Å². The van der Waals surface area contributed by atoms with Crippen LogP contribution in [0.15, 0.2) is 24.4 Å². The highest BCUT2D eigenvalue weighted by Crippen LogP contribution is 2.07. The van der Waals surface area contributed by atoms with Crippen LogP contribution in [0.5, 0.6) is 0 Å². The smallest absolute Gasteiger partial charge is 0.253 e. The lowest BCUT2D eigenvalue weighted by Crippen LogP contribution is -2.33. The number of allylic oxidation sites excluding steroid dienone is 1. The van der Waals surface area contributed by atoms with Crippen molar-refractivity contribution in [2.45, 2.75) is 32.6 Å². The van der Waals surface area contributed by atoms with Gasteiger partial charge in [0, 0.05) is 31.3 Å². The van der Waals surface area contributed by atoms with E-state index >= 15 is 0 Å². The number of carbonyl (C=O) groups excluding carboxylic acids is 3. The third-order valence-electron chi connectivity index (χ3n) is 2.65. The largest absolute Gasteiger partial charge is 0.306 e. The van der Waals surface area contributed by atoms with Crippen LogP contribution < -0.4 is 10.9 Å². The van der Waals surface area contributed by atoms with Gasteiger partial charge in [0.15, 0.2) is 0 Å². The highest BCUT2D eigenvalue weighted by Gasteiger charge is 2.22. The molecule has 0 fully saturated rings. The van der Waals surface area contributed by atoms with E-state index in [4.69, 9.17) is 0 Å². The van der Waals surface area contributed by atoms with Crippen molar-refractivity contribution in [3.63, 3.8) is 0 Å². The average Bonchev–Trinajstić information content (AvgIpc) is 2.70. The van der Waals surface area contributed by atoms with E-state index in [9.17, 15) is 14.4 Å². The first-order valence-corrected chi connectivity index (χ1v) is 6.34. The van der Waals surface area contributed by atoms with Crippen molar-refractivity contribution in [3.05, 3.63) is 24.4 Å². The van der Waals surface area contributed by atoms with Crippen molar-refractivity contribution in [2.24, 2.45) is 0 Å². The van der Waals surface area contributed by atoms with Crippen molar-refractivity contribution in [3.8, 4) is 0 Å².